The second-order valence-corrected chi connectivity index (χ2v) is 4.98. The lowest BCUT2D eigenvalue weighted by atomic mass is 9.92. The van der Waals surface area contributed by atoms with Crippen molar-refractivity contribution in [2.75, 3.05) is 13.7 Å². The Morgan fingerprint density at radius 3 is 2.71 bits per heavy atom. The fraction of sp³-hybridized carbons (Fsp3) is 0.600. The zero-order chi connectivity index (χ0) is 11.9. The summed E-state index contributed by atoms with van der Waals surface area (Å²) in [6, 6.07) is 11.4. The van der Waals surface area contributed by atoms with Gasteiger partial charge in [0.05, 0.1) is 6.54 Å². The van der Waals surface area contributed by atoms with E-state index in [9.17, 15) is 0 Å². The van der Waals surface area contributed by atoms with E-state index < -0.39 is 0 Å². The van der Waals surface area contributed by atoms with Gasteiger partial charge in [-0.2, -0.15) is 0 Å². The van der Waals surface area contributed by atoms with Crippen LogP contribution >= 0.6 is 0 Å². The molecule has 1 aromatic carbocycles. The van der Waals surface area contributed by atoms with Crippen LogP contribution in [0.25, 0.3) is 0 Å². The lowest BCUT2D eigenvalue weighted by molar-refractivity contribution is -0.698. The highest BCUT2D eigenvalue weighted by Gasteiger charge is 2.27. The van der Waals surface area contributed by atoms with Crippen LogP contribution in [0, 0.1) is 0 Å². The van der Waals surface area contributed by atoms with Crippen LogP contribution in [0.2, 0.25) is 0 Å². The van der Waals surface area contributed by atoms with E-state index in [1.165, 1.54) is 37.8 Å². The van der Waals surface area contributed by atoms with Gasteiger partial charge in [-0.15, -0.1) is 0 Å². The van der Waals surface area contributed by atoms with Gasteiger partial charge in [0.15, 0.2) is 0 Å². The molecule has 0 spiro atoms. The maximum Gasteiger partial charge on any atom is 0.112 e. The van der Waals surface area contributed by atoms with Gasteiger partial charge in [0, 0.05) is 20.0 Å². The zero-order valence-corrected chi connectivity index (χ0v) is 10.8. The van der Waals surface area contributed by atoms with Crippen LogP contribution in [0.15, 0.2) is 30.3 Å². The van der Waals surface area contributed by atoms with E-state index in [2.05, 4.69) is 35.6 Å². The van der Waals surface area contributed by atoms with Crippen molar-refractivity contribution in [2.24, 2.45) is 0 Å². The van der Waals surface area contributed by atoms with Crippen molar-refractivity contribution in [3.05, 3.63) is 35.9 Å². The monoisotopic (exact) mass is 234 g/mol. The molecule has 1 fully saturated rings. The second kappa shape index (κ2) is 6.77. The Kier molecular flexibility index (Phi) is 5.02. The summed E-state index contributed by atoms with van der Waals surface area (Å²) < 4.78 is 5.58. The van der Waals surface area contributed by atoms with E-state index in [1.54, 1.807) is 0 Å². The van der Waals surface area contributed by atoms with Crippen molar-refractivity contribution < 1.29 is 10.1 Å². The molecule has 2 atom stereocenters. The first-order valence-corrected chi connectivity index (χ1v) is 6.80. The number of ether oxygens (including phenoxy) is 1. The smallest absolute Gasteiger partial charge is 0.112 e. The van der Waals surface area contributed by atoms with Gasteiger partial charge in [-0.25, -0.2) is 0 Å². The summed E-state index contributed by atoms with van der Waals surface area (Å²) in [4.78, 5) is 0. The Morgan fingerprint density at radius 1 is 1.18 bits per heavy atom. The van der Waals surface area contributed by atoms with Crippen molar-refractivity contribution in [1.29, 1.82) is 0 Å². The Hall–Kier alpha value is -0.860. The van der Waals surface area contributed by atoms with E-state index in [0.717, 1.165) is 6.42 Å². The van der Waals surface area contributed by atoms with Crippen LogP contribution in [-0.4, -0.2) is 25.8 Å². The molecule has 2 rings (SSSR count). The van der Waals surface area contributed by atoms with Gasteiger partial charge in [0.1, 0.15) is 12.1 Å². The molecular weight excluding hydrogens is 210 g/mol. The quantitative estimate of drug-likeness (QED) is 0.825. The van der Waals surface area contributed by atoms with Crippen LogP contribution in [-0.2, 0) is 11.2 Å². The third-order valence-electron chi connectivity index (χ3n) is 3.80. The maximum atomic E-state index is 5.58. The van der Waals surface area contributed by atoms with Crippen molar-refractivity contribution in [1.82, 2.24) is 0 Å². The molecule has 17 heavy (non-hydrogen) atoms. The number of benzene rings is 1. The molecule has 1 aliphatic carbocycles. The Bertz CT molecular complexity index is 312. The summed E-state index contributed by atoms with van der Waals surface area (Å²) in [5, 5.41) is 2.49. The van der Waals surface area contributed by atoms with E-state index in [1.807, 2.05) is 7.11 Å². The largest absolute Gasteiger partial charge is 0.375 e. The van der Waals surface area contributed by atoms with Crippen LogP contribution in [0.5, 0.6) is 0 Å². The molecule has 0 unspecified atom stereocenters. The highest BCUT2D eigenvalue weighted by Crippen LogP contribution is 2.18. The molecule has 0 bridgehead atoms. The standard InChI is InChI=1S/C15H23NO/c1-17-15-10-6-5-9-14(15)16-12-11-13-7-3-2-4-8-13/h2-4,7-8,14-16H,5-6,9-12H2,1H3/p+1/t14-,15-/m0/s1. The summed E-state index contributed by atoms with van der Waals surface area (Å²) >= 11 is 0. The lowest BCUT2D eigenvalue weighted by Gasteiger charge is -2.28. The van der Waals surface area contributed by atoms with Crippen molar-refractivity contribution in [2.45, 2.75) is 44.2 Å². The number of hydrogen-bond acceptors (Lipinski definition) is 1. The van der Waals surface area contributed by atoms with Crippen LogP contribution < -0.4 is 5.32 Å². The Morgan fingerprint density at radius 2 is 1.94 bits per heavy atom. The SMILES string of the molecule is CO[C@H]1CCCC[C@@H]1[NH2+]CCc1ccccc1. The van der Waals surface area contributed by atoms with Gasteiger partial charge in [-0.1, -0.05) is 36.8 Å². The molecular formula is C15H24NO+. The molecule has 1 saturated carbocycles. The minimum atomic E-state index is 0.472. The minimum absolute atomic E-state index is 0.472. The lowest BCUT2D eigenvalue weighted by Crippen LogP contribution is -2.93. The van der Waals surface area contributed by atoms with Crippen LogP contribution in [0.4, 0.5) is 0 Å². The van der Waals surface area contributed by atoms with Gasteiger partial charge in [-0.3, -0.25) is 0 Å². The maximum absolute atomic E-state index is 5.58. The molecule has 2 N–H and O–H groups in total. The first-order valence-electron chi connectivity index (χ1n) is 6.80. The van der Waals surface area contributed by atoms with Gasteiger partial charge in [0.25, 0.3) is 0 Å². The average molecular weight is 234 g/mol. The van der Waals surface area contributed by atoms with Gasteiger partial charge in [0.2, 0.25) is 0 Å². The van der Waals surface area contributed by atoms with Crippen molar-refractivity contribution in [3.8, 4) is 0 Å². The fourth-order valence-corrected chi connectivity index (χ4v) is 2.80. The second-order valence-electron chi connectivity index (χ2n) is 4.98. The highest BCUT2D eigenvalue weighted by atomic mass is 16.5. The van der Waals surface area contributed by atoms with Crippen molar-refractivity contribution in [3.63, 3.8) is 0 Å². The molecule has 0 saturated heterocycles. The highest BCUT2D eigenvalue weighted by molar-refractivity contribution is 5.14. The molecule has 0 aromatic heterocycles. The first-order chi connectivity index (χ1) is 8.40. The number of hydrogen-bond donors (Lipinski definition) is 1. The minimum Gasteiger partial charge on any atom is -0.375 e. The van der Waals surface area contributed by atoms with Gasteiger partial charge < -0.3 is 10.1 Å². The van der Waals surface area contributed by atoms with E-state index in [-0.39, 0.29) is 0 Å². The van der Waals surface area contributed by atoms with Gasteiger partial charge in [-0.05, 0) is 18.4 Å². The normalized spacial score (nSPS) is 24.8. The molecule has 0 amide bonds. The van der Waals surface area contributed by atoms with E-state index in [0.29, 0.717) is 12.1 Å². The summed E-state index contributed by atoms with van der Waals surface area (Å²) in [5.41, 5.74) is 1.44. The van der Waals surface area contributed by atoms with Crippen molar-refractivity contribution >= 4 is 0 Å². The first kappa shape index (κ1) is 12.6. The molecule has 0 aliphatic heterocycles. The average Bonchev–Trinajstić information content (AvgIpc) is 2.40. The number of quaternary nitrogens is 1. The summed E-state index contributed by atoms with van der Waals surface area (Å²) in [7, 11) is 1.86. The van der Waals surface area contributed by atoms with Crippen LogP contribution in [0.1, 0.15) is 31.2 Å². The number of methoxy groups -OCH3 is 1. The van der Waals surface area contributed by atoms with E-state index in [4.69, 9.17) is 4.74 Å². The molecule has 0 heterocycles. The summed E-state index contributed by atoms with van der Waals surface area (Å²) in [6.45, 7) is 1.18. The number of rotatable bonds is 5. The Balaban J connectivity index is 1.74. The molecule has 94 valence electrons. The predicted octanol–water partition coefficient (Wildman–Crippen LogP) is 1.75. The molecule has 1 aliphatic rings. The zero-order valence-electron chi connectivity index (χ0n) is 10.8. The number of nitrogens with two attached hydrogens (primary N) is 1. The fourth-order valence-electron chi connectivity index (χ4n) is 2.80. The van der Waals surface area contributed by atoms with Crippen LogP contribution in [0.3, 0.4) is 0 Å². The third-order valence-corrected chi connectivity index (χ3v) is 3.80. The summed E-state index contributed by atoms with van der Waals surface area (Å²) in [5.74, 6) is 0. The van der Waals surface area contributed by atoms with E-state index >= 15 is 0 Å². The molecule has 2 nitrogen and oxygen atoms in total. The summed E-state index contributed by atoms with van der Waals surface area (Å²) in [6.07, 6.45) is 6.89. The third kappa shape index (κ3) is 3.83. The Labute approximate surface area is 104 Å². The molecule has 2 heteroatoms. The predicted molar refractivity (Wildman–Crippen MR) is 70.0 cm³/mol. The molecule has 0 radical (unpaired) electrons. The topological polar surface area (TPSA) is 25.8 Å². The molecule has 1 aromatic rings. The van der Waals surface area contributed by atoms with Gasteiger partial charge >= 0.3 is 0 Å².